The van der Waals surface area contributed by atoms with Gasteiger partial charge in [0.1, 0.15) is 6.54 Å². The molecule has 0 aliphatic carbocycles. The molecule has 1 aromatic heterocycles. The molecule has 142 valence electrons. The molecule has 3 aromatic rings. The molecule has 0 radical (unpaired) electrons. The summed E-state index contributed by atoms with van der Waals surface area (Å²) in [6, 6.07) is 16.7. The third kappa shape index (κ3) is 4.50. The van der Waals surface area contributed by atoms with Gasteiger partial charge >= 0.3 is 0 Å². The van der Waals surface area contributed by atoms with E-state index in [0.29, 0.717) is 11.4 Å². The zero-order valence-electron chi connectivity index (χ0n) is 14.9. The normalized spacial score (nSPS) is 11.6. The van der Waals surface area contributed by atoms with E-state index < -0.39 is 5.92 Å². The van der Waals surface area contributed by atoms with Gasteiger partial charge in [-0.3, -0.25) is 9.59 Å². The number of halogens is 1. The number of amides is 2. The van der Waals surface area contributed by atoms with Crippen molar-refractivity contribution in [2.45, 2.75) is 11.8 Å². The van der Waals surface area contributed by atoms with E-state index in [1.165, 1.54) is 0 Å². The van der Waals surface area contributed by atoms with Crippen molar-refractivity contribution in [1.82, 2.24) is 10.6 Å². The number of thiophene rings is 1. The Morgan fingerprint density at radius 1 is 1.11 bits per heavy atom. The van der Waals surface area contributed by atoms with Gasteiger partial charge in [0.2, 0.25) is 5.91 Å². The monoisotopic (exact) mass is 411 g/mol. The molecule has 1 heterocycles. The number of nitriles is 1. The quantitative estimate of drug-likeness (QED) is 0.458. The van der Waals surface area contributed by atoms with Gasteiger partial charge < -0.3 is 10.6 Å². The third-order valence-corrected chi connectivity index (χ3v) is 5.67. The molecule has 0 aliphatic heterocycles. The standard InChI is InChI=1S/C21H18ClN3O2S/c22-11-14-5-7-15(8-6-14)20(26)25-12-17(21(27)24-10-9-23)18-13-28-19-4-2-1-3-16(18)19/h1-8,13,17H,10-12H2,(H,24,27)(H,25,26). The number of carbonyl (C=O) groups excluding carboxylic acids is 2. The summed E-state index contributed by atoms with van der Waals surface area (Å²) in [5.74, 6) is -0.758. The fourth-order valence-electron chi connectivity index (χ4n) is 2.90. The van der Waals surface area contributed by atoms with Crippen LogP contribution in [0.3, 0.4) is 0 Å². The second-order valence-corrected chi connectivity index (χ2v) is 7.33. The Bertz CT molecular complexity index is 1020. The molecule has 28 heavy (non-hydrogen) atoms. The van der Waals surface area contributed by atoms with Crippen molar-refractivity contribution < 1.29 is 9.59 Å². The van der Waals surface area contributed by atoms with Crippen LogP contribution in [0.2, 0.25) is 0 Å². The van der Waals surface area contributed by atoms with Crippen molar-refractivity contribution in [1.29, 1.82) is 5.26 Å². The van der Waals surface area contributed by atoms with Crippen LogP contribution in [-0.2, 0) is 10.7 Å². The van der Waals surface area contributed by atoms with Crippen LogP contribution in [0, 0.1) is 11.3 Å². The second kappa shape index (κ2) is 9.36. The summed E-state index contributed by atoms with van der Waals surface area (Å²) in [4.78, 5) is 25.1. The number of nitrogens with one attached hydrogen (secondary N) is 2. The number of nitrogens with zero attached hydrogens (tertiary/aromatic N) is 1. The van der Waals surface area contributed by atoms with Crippen molar-refractivity contribution in [3.8, 4) is 6.07 Å². The predicted molar refractivity (Wildman–Crippen MR) is 112 cm³/mol. The van der Waals surface area contributed by atoms with E-state index >= 15 is 0 Å². The Morgan fingerprint density at radius 2 is 1.86 bits per heavy atom. The van der Waals surface area contributed by atoms with Crippen LogP contribution in [0.15, 0.2) is 53.9 Å². The molecule has 0 aliphatic rings. The van der Waals surface area contributed by atoms with Crippen LogP contribution in [-0.4, -0.2) is 24.9 Å². The van der Waals surface area contributed by atoms with Gasteiger partial charge in [0.15, 0.2) is 0 Å². The van der Waals surface area contributed by atoms with Crippen LogP contribution in [0.4, 0.5) is 0 Å². The van der Waals surface area contributed by atoms with Gasteiger partial charge in [0.25, 0.3) is 5.91 Å². The summed E-state index contributed by atoms with van der Waals surface area (Å²) >= 11 is 7.32. The van der Waals surface area contributed by atoms with Gasteiger partial charge in [-0.25, -0.2) is 0 Å². The molecular weight excluding hydrogens is 394 g/mol. The van der Waals surface area contributed by atoms with Crippen molar-refractivity contribution in [3.63, 3.8) is 0 Å². The highest BCUT2D eigenvalue weighted by molar-refractivity contribution is 7.17. The summed E-state index contributed by atoms with van der Waals surface area (Å²) in [5.41, 5.74) is 2.27. The van der Waals surface area contributed by atoms with Crippen LogP contribution in [0.5, 0.6) is 0 Å². The Kier molecular flexibility index (Phi) is 6.64. The topological polar surface area (TPSA) is 82.0 Å². The smallest absolute Gasteiger partial charge is 0.251 e. The summed E-state index contributed by atoms with van der Waals surface area (Å²) < 4.78 is 1.07. The second-order valence-electron chi connectivity index (χ2n) is 6.16. The molecule has 2 aromatic carbocycles. The number of hydrogen-bond donors (Lipinski definition) is 2. The first-order chi connectivity index (χ1) is 13.6. The molecule has 0 saturated heterocycles. The van der Waals surface area contributed by atoms with Gasteiger partial charge in [-0.15, -0.1) is 22.9 Å². The molecule has 1 unspecified atom stereocenters. The minimum atomic E-state index is -0.587. The first kappa shape index (κ1) is 19.9. The molecule has 1 atom stereocenters. The lowest BCUT2D eigenvalue weighted by Crippen LogP contribution is -2.37. The lowest BCUT2D eigenvalue weighted by atomic mass is 9.97. The summed E-state index contributed by atoms with van der Waals surface area (Å²) in [5, 5.41) is 17.1. The van der Waals surface area contributed by atoms with E-state index in [-0.39, 0.29) is 24.9 Å². The number of carbonyl (C=O) groups is 2. The average molecular weight is 412 g/mol. The molecule has 7 heteroatoms. The van der Waals surface area contributed by atoms with Crippen molar-refractivity contribution in [3.05, 3.63) is 70.6 Å². The van der Waals surface area contributed by atoms with Gasteiger partial charge in [-0.2, -0.15) is 5.26 Å². The maximum atomic E-state index is 12.7. The SMILES string of the molecule is N#CCNC(=O)C(CNC(=O)c1ccc(CCl)cc1)c1csc2ccccc12. The minimum absolute atomic E-state index is 0.0781. The molecule has 5 nitrogen and oxygen atoms in total. The highest BCUT2D eigenvalue weighted by Gasteiger charge is 2.24. The van der Waals surface area contributed by atoms with Crippen molar-refractivity contribution >= 4 is 44.8 Å². The lowest BCUT2D eigenvalue weighted by Gasteiger charge is -2.17. The van der Waals surface area contributed by atoms with E-state index in [2.05, 4.69) is 10.6 Å². The van der Waals surface area contributed by atoms with Crippen LogP contribution >= 0.6 is 22.9 Å². The fraction of sp³-hybridized carbons (Fsp3) is 0.190. The van der Waals surface area contributed by atoms with E-state index in [1.807, 2.05) is 35.7 Å². The molecule has 0 spiro atoms. The molecular formula is C21H18ClN3O2S. The molecule has 2 amide bonds. The summed E-state index contributed by atoms with van der Waals surface area (Å²) in [6.45, 7) is 0.0549. The van der Waals surface area contributed by atoms with Crippen LogP contribution in [0.25, 0.3) is 10.1 Å². The fourth-order valence-corrected chi connectivity index (χ4v) is 4.10. The van der Waals surface area contributed by atoms with Gasteiger partial charge in [-0.05, 0) is 40.1 Å². The maximum absolute atomic E-state index is 12.7. The first-order valence-corrected chi connectivity index (χ1v) is 10.1. The minimum Gasteiger partial charge on any atom is -0.351 e. The predicted octanol–water partition coefficient (Wildman–Crippen LogP) is 3.79. The summed E-state index contributed by atoms with van der Waals surface area (Å²) in [6.07, 6.45) is 0. The third-order valence-electron chi connectivity index (χ3n) is 4.38. The Morgan fingerprint density at radius 3 is 2.57 bits per heavy atom. The number of rotatable bonds is 7. The molecule has 0 saturated carbocycles. The van der Waals surface area contributed by atoms with Gasteiger partial charge in [0, 0.05) is 22.7 Å². The Labute approximate surface area is 171 Å². The van der Waals surface area contributed by atoms with Gasteiger partial charge in [-0.1, -0.05) is 30.3 Å². The molecule has 3 rings (SSSR count). The van der Waals surface area contributed by atoms with Crippen LogP contribution in [0.1, 0.15) is 27.4 Å². The number of fused-ring (bicyclic) bond motifs is 1. The Hall–Kier alpha value is -2.88. The van der Waals surface area contributed by atoms with Crippen molar-refractivity contribution in [2.75, 3.05) is 13.1 Å². The lowest BCUT2D eigenvalue weighted by molar-refractivity contribution is -0.122. The number of alkyl halides is 1. The van der Waals surface area contributed by atoms with E-state index in [9.17, 15) is 9.59 Å². The number of benzene rings is 2. The largest absolute Gasteiger partial charge is 0.351 e. The first-order valence-electron chi connectivity index (χ1n) is 8.68. The van der Waals surface area contributed by atoms with Crippen molar-refractivity contribution in [2.24, 2.45) is 0 Å². The van der Waals surface area contributed by atoms with E-state index in [4.69, 9.17) is 16.9 Å². The van der Waals surface area contributed by atoms with Gasteiger partial charge in [0.05, 0.1) is 12.0 Å². The molecule has 0 bridgehead atoms. The number of hydrogen-bond acceptors (Lipinski definition) is 4. The Balaban J connectivity index is 1.80. The summed E-state index contributed by atoms with van der Waals surface area (Å²) in [7, 11) is 0. The highest BCUT2D eigenvalue weighted by atomic mass is 35.5. The van der Waals surface area contributed by atoms with E-state index in [1.54, 1.807) is 35.6 Å². The van der Waals surface area contributed by atoms with E-state index in [0.717, 1.165) is 21.2 Å². The van der Waals surface area contributed by atoms with Crippen LogP contribution < -0.4 is 10.6 Å². The zero-order chi connectivity index (χ0) is 19.9. The highest BCUT2D eigenvalue weighted by Crippen LogP contribution is 2.31. The molecule has 0 fully saturated rings. The molecule has 2 N–H and O–H groups in total. The average Bonchev–Trinajstić information content (AvgIpc) is 3.16. The maximum Gasteiger partial charge on any atom is 0.251 e. The zero-order valence-corrected chi connectivity index (χ0v) is 16.5.